The van der Waals surface area contributed by atoms with Gasteiger partial charge in [-0.3, -0.25) is 9.59 Å². The number of amides is 1. The van der Waals surface area contributed by atoms with Crippen molar-refractivity contribution in [1.29, 1.82) is 0 Å². The molecule has 0 fully saturated rings. The SMILES string of the molecule is C[C@@H]1CCc2c(F)cccc2[C@@H]1NC(=O)c1ccc(=O)n(C)c1. The molecule has 4 nitrogen and oxygen atoms in total. The Morgan fingerprint density at radius 3 is 2.83 bits per heavy atom. The number of nitrogens with one attached hydrogen (secondary N) is 1. The number of halogens is 1. The van der Waals surface area contributed by atoms with Crippen LogP contribution in [0.2, 0.25) is 0 Å². The Bertz CT molecular complexity index is 813. The summed E-state index contributed by atoms with van der Waals surface area (Å²) in [7, 11) is 1.60. The largest absolute Gasteiger partial charge is 0.345 e. The summed E-state index contributed by atoms with van der Waals surface area (Å²) in [6.45, 7) is 2.06. The average Bonchev–Trinajstić information content (AvgIpc) is 2.53. The molecular formula is C18H19FN2O2. The number of hydrogen-bond donors (Lipinski definition) is 1. The standard InChI is InChI=1S/C18H19FN2O2/c1-11-6-8-13-14(4-3-5-15(13)19)17(11)20-18(23)12-7-9-16(22)21(2)10-12/h3-5,7,9-11,17H,6,8H2,1-2H3,(H,20,23)/t11-,17-/m1/s1. The van der Waals surface area contributed by atoms with E-state index in [4.69, 9.17) is 0 Å². The summed E-state index contributed by atoms with van der Waals surface area (Å²) in [4.78, 5) is 23.9. The Hall–Kier alpha value is -2.43. The topological polar surface area (TPSA) is 51.1 Å². The number of benzene rings is 1. The zero-order valence-electron chi connectivity index (χ0n) is 13.2. The highest BCUT2D eigenvalue weighted by Gasteiger charge is 2.29. The molecule has 0 saturated carbocycles. The van der Waals surface area contributed by atoms with E-state index in [0.717, 1.165) is 12.0 Å². The van der Waals surface area contributed by atoms with Crippen molar-refractivity contribution < 1.29 is 9.18 Å². The molecule has 2 aromatic rings. The van der Waals surface area contributed by atoms with Crippen LogP contribution in [-0.2, 0) is 13.5 Å². The van der Waals surface area contributed by atoms with E-state index >= 15 is 0 Å². The van der Waals surface area contributed by atoms with Gasteiger partial charge in [-0.05, 0) is 42.0 Å². The van der Waals surface area contributed by atoms with Gasteiger partial charge >= 0.3 is 0 Å². The molecule has 0 aliphatic heterocycles. The maximum atomic E-state index is 14.0. The molecule has 2 atom stereocenters. The highest BCUT2D eigenvalue weighted by Crippen LogP contribution is 2.35. The van der Waals surface area contributed by atoms with E-state index in [9.17, 15) is 14.0 Å². The Kier molecular flexibility index (Phi) is 4.03. The molecular weight excluding hydrogens is 295 g/mol. The Morgan fingerprint density at radius 2 is 2.09 bits per heavy atom. The van der Waals surface area contributed by atoms with Crippen molar-refractivity contribution in [3.05, 3.63) is 69.4 Å². The lowest BCUT2D eigenvalue weighted by Gasteiger charge is -2.32. The van der Waals surface area contributed by atoms with Crippen molar-refractivity contribution in [2.75, 3.05) is 0 Å². The van der Waals surface area contributed by atoms with Gasteiger partial charge in [-0.2, -0.15) is 0 Å². The zero-order chi connectivity index (χ0) is 16.6. The second-order valence-electron chi connectivity index (χ2n) is 6.14. The normalized spacial score (nSPS) is 20.0. The van der Waals surface area contributed by atoms with Gasteiger partial charge in [0.25, 0.3) is 5.91 Å². The van der Waals surface area contributed by atoms with Crippen molar-refractivity contribution >= 4 is 5.91 Å². The number of hydrogen-bond acceptors (Lipinski definition) is 2. The molecule has 1 aromatic heterocycles. The number of aromatic nitrogens is 1. The molecule has 0 bridgehead atoms. The van der Waals surface area contributed by atoms with Gasteiger partial charge < -0.3 is 9.88 Å². The third-order valence-electron chi connectivity index (χ3n) is 4.54. The van der Waals surface area contributed by atoms with Crippen molar-refractivity contribution in [3.8, 4) is 0 Å². The predicted molar refractivity (Wildman–Crippen MR) is 85.8 cm³/mol. The molecule has 0 spiro atoms. The molecule has 1 heterocycles. The van der Waals surface area contributed by atoms with Gasteiger partial charge in [0.15, 0.2) is 0 Å². The van der Waals surface area contributed by atoms with Crippen LogP contribution in [0.15, 0.2) is 41.3 Å². The first-order valence-corrected chi connectivity index (χ1v) is 7.72. The highest BCUT2D eigenvalue weighted by atomic mass is 19.1. The third kappa shape index (κ3) is 2.91. The lowest BCUT2D eigenvalue weighted by molar-refractivity contribution is 0.0918. The number of carbonyl (C=O) groups is 1. The monoisotopic (exact) mass is 314 g/mol. The highest BCUT2D eigenvalue weighted by molar-refractivity contribution is 5.94. The summed E-state index contributed by atoms with van der Waals surface area (Å²) in [6.07, 6.45) is 3.03. The van der Waals surface area contributed by atoms with E-state index in [1.54, 1.807) is 13.1 Å². The van der Waals surface area contributed by atoms with Gasteiger partial charge in [-0.1, -0.05) is 19.1 Å². The van der Waals surface area contributed by atoms with Gasteiger partial charge in [-0.25, -0.2) is 4.39 Å². The number of pyridine rings is 1. The number of nitrogens with zero attached hydrogens (tertiary/aromatic N) is 1. The maximum absolute atomic E-state index is 14.0. The van der Waals surface area contributed by atoms with Crippen molar-refractivity contribution in [2.24, 2.45) is 13.0 Å². The summed E-state index contributed by atoms with van der Waals surface area (Å²) in [5.41, 5.74) is 1.79. The molecule has 0 radical (unpaired) electrons. The first kappa shape index (κ1) is 15.5. The van der Waals surface area contributed by atoms with Crippen LogP contribution in [-0.4, -0.2) is 10.5 Å². The van der Waals surface area contributed by atoms with E-state index in [-0.39, 0.29) is 29.2 Å². The summed E-state index contributed by atoms with van der Waals surface area (Å²) < 4.78 is 15.3. The molecule has 0 saturated heterocycles. The van der Waals surface area contributed by atoms with Gasteiger partial charge in [0, 0.05) is 19.3 Å². The quantitative estimate of drug-likeness (QED) is 0.926. The molecule has 5 heteroatoms. The average molecular weight is 314 g/mol. The number of fused-ring (bicyclic) bond motifs is 1. The predicted octanol–water partition coefficient (Wildman–Crippen LogP) is 2.58. The molecule has 1 aliphatic rings. The van der Waals surface area contributed by atoms with Crippen LogP contribution in [0.5, 0.6) is 0 Å². The second kappa shape index (κ2) is 5.99. The van der Waals surface area contributed by atoms with E-state index < -0.39 is 0 Å². The van der Waals surface area contributed by atoms with Crippen molar-refractivity contribution in [2.45, 2.75) is 25.8 Å². The summed E-state index contributed by atoms with van der Waals surface area (Å²) in [5, 5.41) is 2.99. The number of aryl methyl sites for hydroxylation is 1. The van der Waals surface area contributed by atoms with E-state index in [1.165, 1.54) is 29.0 Å². The third-order valence-corrected chi connectivity index (χ3v) is 4.54. The summed E-state index contributed by atoms with van der Waals surface area (Å²) in [5.74, 6) is -0.244. The summed E-state index contributed by atoms with van der Waals surface area (Å²) >= 11 is 0. The molecule has 0 unspecified atom stereocenters. The maximum Gasteiger partial charge on any atom is 0.253 e. The minimum absolute atomic E-state index is 0.167. The van der Waals surface area contributed by atoms with E-state index in [2.05, 4.69) is 12.2 Å². The van der Waals surface area contributed by atoms with Gasteiger partial charge in [0.1, 0.15) is 5.82 Å². The fraction of sp³-hybridized carbons (Fsp3) is 0.333. The number of carbonyl (C=O) groups excluding carboxylic acids is 1. The Balaban J connectivity index is 1.90. The van der Waals surface area contributed by atoms with Crippen molar-refractivity contribution in [1.82, 2.24) is 9.88 Å². The van der Waals surface area contributed by atoms with E-state index in [0.29, 0.717) is 17.5 Å². The molecule has 120 valence electrons. The molecule has 1 N–H and O–H groups in total. The molecule has 23 heavy (non-hydrogen) atoms. The van der Waals surface area contributed by atoms with Crippen LogP contribution in [0.4, 0.5) is 4.39 Å². The van der Waals surface area contributed by atoms with E-state index in [1.807, 2.05) is 6.07 Å². The van der Waals surface area contributed by atoms with Crippen LogP contribution in [0, 0.1) is 11.7 Å². The fourth-order valence-electron chi connectivity index (χ4n) is 3.15. The molecule has 1 amide bonds. The van der Waals surface area contributed by atoms with Crippen LogP contribution in [0.3, 0.4) is 0 Å². The zero-order valence-corrected chi connectivity index (χ0v) is 13.2. The minimum atomic E-state index is -0.255. The lowest BCUT2D eigenvalue weighted by atomic mass is 9.80. The van der Waals surface area contributed by atoms with Gasteiger partial charge in [-0.15, -0.1) is 0 Å². The summed E-state index contributed by atoms with van der Waals surface area (Å²) in [6, 6.07) is 7.67. The van der Waals surface area contributed by atoms with Gasteiger partial charge in [0.2, 0.25) is 5.56 Å². The van der Waals surface area contributed by atoms with Crippen LogP contribution in [0.25, 0.3) is 0 Å². The Labute approximate surface area is 134 Å². The first-order chi connectivity index (χ1) is 11.0. The van der Waals surface area contributed by atoms with Crippen molar-refractivity contribution in [3.63, 3.8) is 0 Å². The van der Waals surface area contributed by atoms with Crippen LogP contribution < -0.4 is 10.9 Å². The second-order valence-corrected chi connectivity index (χ2v) is 6.14. The molecule has 1 aliphatic carbocycles. The van der Waals surface area contributed by atoms with Crippen LogP contribution in [0.1, 0.15) is 40.9 Å². The van der Waals surface area contributed by atoms with Gasteiger partial charge in [0.05, 0.1) is 11.6 Å². The van der Waals surface area contributed by atoms with Crippen LogP contribution >= 0.6 is 0 Å². The number of rotatable bonds is 2. The lowest BCUT2D eigenvalue weighted by Crippen LogP contribution is -2.36. The molecule has 1 aromatic carbocycles. The molecule has 3 rings (SSSR count). The first-order valence-electron chi connectivity index (χ1n) is 7.72. The smallest absolute Gasteiger partial charge is 0.253 e. The fourth-order valence-corrected chi connectivity index (χ4v) is 3.15. The minimum Gasteiger partial charge on any atom is -0.345 e. The Morgan fingerprint density at radius 1 is 1.30 bits per heavy atom.